The Bertz CT molecular complexity index is 640. The maximum atomic E-state index is 11.6. The Morgan fingerprint density at radius 1 is 1.38 bits per heavy atom. The van der Waals surface area contributed by atoms with Crippen LogP contribution in [-0.2, 0) is 10.5 Å². The van der Waals surface area contributed by atoms with Crippen molar-refractivity contribution in [1.29, 1.82) is 0 Å². The second-order valence-corrected chi connectivity index (χ2v) is 6.12. The van der Waals surface area contributed by atoms with E-state index in [-0.39, 0.29) is 5.91 Å². The number of thioether (sulfide) groups is 1. The first-order valence-electron chi connectivity index (χ1n) is 6.34. The van der Waals surface area contributed by atoms with E-state index in [1.54, 1.807) is 23.9 Å². The Labute approximate surface area is 136 Å². The predicted molar refractivity (Wildman–Crippen MR) is 89.5 cm³/mol. The fourth-order valence-corrected chi connectivity index (χ4v) is 2.84. The number of hydrogen-bond acceptors (Lipinski definition) is 4. The number of carbonyl (C=O) groups is 1. The second kappa shape index (κ2) is 8.05. The zero-order chi connectivity index (χ0) is 15.1. The van der Waals surface area contributed by atoms with Gasteiger partial charge in [0.15, 0.2) is 4.67 Å². The van der Waals surface area contributed by atoms with Crippen molar-refractivity contribution < 1.29 is 9.21 Å². The van der Waals surface area contributed by atoms with E-state index in [0.29, 0.717) is 16.2 Å². The van der Waals surface area contributed by atoms with Crippen LogP contribution >= 0.6 is 27.7 Å². The van der Waals surface area contributed by atoms with Gasteiger partial charge in [-0.05, 0) is 46.1 Å². The molecule has 1 amide bonds. The fourth-order valence-electron chi connectivity index (χ4n) is 1.62. The molecule has 0 aliphatic heterocycles. The van der Waals surface area contributed by atoms with Gasteiger partial charge in [0.05, 0.1) is 12.0 Å². The molecule has 0 bridgehead atoms. The minimum Gasteiger partial charge on any atom is -0.448 e. The van der Waals surface area contributed by atoms with E-state index in [0.717, 1.165) is 5.75 Å². The van der Waals surface area contributed by atoms with Crippen molar-refractivity contribution >= 4 is 39.8 Å². The molecule has 110 valence electrons. The number of rotatable bonds is 6. The van der Waals surface area contributed by atoms with Crippen molar-refractivity contribution in [3.8, 4) is 0 Å². The molecular weight excluding hydrogens is 352 g/mol. The van der Waals surface area contributed by atoms with Gasteiger partial charge >= 0.3 is 0 Å². The normalized spacial score (nSPS) is 11.0. The summed E-state index contributed by atoms with van der Waals surface area (Å²) in [7, 11) is 0. The molecule has 0 radical (unpaired) electrons. The molecule has 0 spiro atoms. The minimum absolute atomic E-state index is 0.129. The number of furan rings is 1. The van der Waals surface area contributed by atoms with Crippen molar-refractivity contribution in [3.63, 3.8) is 0 Å². The predicted octanol–water partition coefficient (Wildman–Crippen LogP) is 3.73. The molecule has 21 heavy (non-hydrogen) atoms. The van der Waals surface area contributed by atoms with Crippen molar-refractivity contribution in [3.05, 3.63) is 58.0 Å². The van der Waals surface area contributed by atoms with Gasteiger partial charge in [-0.2, -0.15) is 5.10 Å². The quantitative estimate of drug-likeness (QED) is 0.625. The van der Waals surface area contributed by atoms with Gasteiger partial charge in [0.2, 0.25) is 5.91 Å². The summed E-state index contributed by atoms with van der Waals surface area (Å²) in [6.07, 6.45) is 1.47. The summed E-state index contributed by atoms with van der Waals surface area (Å²) in [4.78, 5) is 11.6. The zero-order valence-electron chi connectivity index (χ0n) is 11.5. The first-order valence-corrected chi connectivity index (χ1v) is 8.29. The molecule has 2 rings (SSSR count). The van der Waals surface area contributed by atoms with Gasteiger partial charge in [0, 0.05) is 5.75 Å². The van der Waals surface area contributed by atoms with Crippen LogP contribution in [0.3, 0.4) is 0 Å². The van der Waals surface area contributed by atoms with Crippen molar-refractivity contribution in [1.82, 2.24) is 5.43 Å². The van der Waals surface area contributed by atoms with Gasteiger partial charge in [-0.25, -0.2) is 5.43 Å². The Morgan fingerprint density at radius 3 is 2.90 bits per heavy atom. The van der Waals surface area contributed by atoms with Crippen molar-refractivity contribution in [2.75, 3.05) is 5.75 Å². The maximum Gasteiger partial charge on any atom is 0.250 e. The third-order valence-corrected chi connectivity index (χ3v) is 4.13. The molecule has 4 nitrogen and oxygen atoms in total. The molecule has 2 aromatic rings. The van der Waals surface area contributed by atoms with Crippen LogP contribution in [0.2, 0.25) is 0 Å². The van der Waals surface area contributed by atoms with Crippen molar-refractivity contribution in [2.45, 2.75) is 12.7 Å². The van der Waals surface area contributed by atoms with Gasteiger partial charge in [-0.1, -0.05) is 24.3 Å². The number of aryl methyl sites for hydroxylation is 1. The molecule has 0 aliphatic carbocycles. The van der Waals surface area contributed by atoms with E-state index in [2.05, 4.69) is 45.5 Å². The summed E-state index contributed by atoms with van der Waals surface area (Å²) in [5.74, 6) is 1.63. The highest BCUT2D eigenvalue weighted by Crippen LogP contribution is 2.15. The smallest absolute Gasteiger partial charge is 0.250 e. The molecule has 0 unspecified atom stereocenters. The lowest BCUT2D eigenvalue weighted by Crippen LogP contribution is -2.19. The van der Waals surface area contributed by atoms with Gasteiger partial charge in [-0.3, -0.25) is 4.79 Å². The number of halogens is 1. The molecule has 0 atom stereocenters. The van der Waals surface area contributed by atoms with Gasteiger partial charge in [-0.15, -0.1) is 11.8 Å². The number of benzene rings is 1. The number of hydrazone groups is 1. The lowest BCUT2D eigenvalue weighted by molar-refractivity contribution is -0.118. The summed E-state index contributed by atoms with van der Waals surface area (Å²) in [5.41, 5.74) is 4.97. The van der Waals surface area contributed by atoms with Gasteiger partial charge < -0.3 is 4.42 Å². The summed E-state index contributed by atoms with van der Waals surface area (Å²) >= 11 is 4.76. The summed E-state index contributed by atoms with van der Waals surface area (Å²) in [6.45, 7) is 2.07. The van der Waals surface area contributed by atoms with E-state index >= 15 is 0 Å². The highest BCUT2D eigenvalue weighted by molar-refractivity contribution is 9.10. The molecule has 1 aromatic heterocycles. The molecule has 0 saturated heterocycles. The van der Waals surface area contributed by atoms with Crippen LogP contribution in [0.15, 0.2) is 50.6 Å². The number of hydrogen-bond donors (Lipinski definition) is 1. The summed E-state index contributed by atoms with van der Waals surface area (Å²) < 4.78 is 5.86. The second-order valence-electron chi connectivity index (χ2n) is 4.35. The Kier molecular flexibility index (Phi) is 6.07. The number of amides is 1. The minimum atomic E-state index is -0.129. The monoisotopic (exact) mass is 366 g/mol. The molecule has 0 aliphatic rings. The van der Waals surface area contributed by atoms with Crippen LogP contribution in [0.4, 0.5) is 0 Å². The highest BCUT2D eigenvalue weighted by Gasteiger charge is 2.02. The van der Waals surface area contributed by atoms with E-state index in [1.807, 2.05) is 12.1 Å². The topological polar surface area (TPSA) is 54.6 Å². The Hall–Kier alpha value is -1.53. The largest absolute Gasteiger partial charge is 0.448 e. The fraction of sp³-hybridized carbons (Fsp3) is 0.200. The lowest BCUT2D eigenvalue weighted by atomic mass is 10.1. The van der Waals surface area contributed by atoms with Crippen LogP contribution < -0.4 is 5.43 Å². The van der Waals surface area contributed by atoms with Crippen LogP contribution in [-0.4, -0.2) is 17.9 Å². The maximum absolute atomic E-state index is 11.6. The SMILES string of the molecule is Cc1ccccc1CSCC(=O)N/N=C\c1ccc(Br)o1. The van der Waals surface area contributed by atoms with Crippen LogP contribution in [0, 0.1) is 6.92 Å². The molecular formula is C15H15BrN2O2S. The van der Waals surface area contributed by atoms with E-state index in [1.165, 1.54) is 17.3 Å². The molecule has 1 N–H and O–H groups in total. The molecule has 1 aromatic carbocycles. The number of nitrogens with zero attached hydrogens (tertiary/aromatic N) is 1. The van der Waals surface area contributed by atoms with Crippen LogP contribution in [0.5, 0.6) is 0 Å². The average molecular weight is 367 g/mol. The van der Waals surface area contributed by atoms with Gasteiger partial charge in [0.25, 0.3) is 0 Å². The molecule has 1 heterocycles. The van der Waals surface area contributed by atoms with Crippen LogP contribution in [0.1, 0.15) is 16.9 Å². The van der Waals surface area contributed by atoms with Gasteiger partial charge in [0.1, 0.15) is 5.76 Å². The van der Waals surface area contributed by atoms with E-state index < -0.39 is 0 Å². The Morgan fingerprint density at radius 2 is 2.19 bits per heavy atom. The van der Waals surface area contributed by atoms with Crippen molar-refractivity contribution in [2.24, 2.45) is 5.10 Å². The van der Waals surface area contributed by atoms with E-state index in [9.17, 15) is 4.79 Å². The third-order valence-electron chi connectivity index (χ3n) is 2.73. The first kappa shape index (κ1) is 15.9. The molecule has 0 saturated carbocycles. The Balaban J connectivity index is 1.70. The summed E-state index contributed by atoms with van der Waals surface area (Å²) in [6, 6.07) is 11.7. The van der Waals surface area contributed by atoms with E-state index in [4.69, 9.17) is 4.42 Å². The zero-order valence-corrected chi connectivity index (χ0v) is 13.9. The standard InChI is InChI=1S/C15H15BrN2O2S/c1-11-4-2-3-5-12(11)9-21-10-15(19)18-17-8-13-6-7-14(16)20-13/h2-8H,9-10H2,1H3,(H,18,19)/b17-8-. The highest BCUT2D eigenvalue weighted by atomic mass is 79.9. The number of carbonyl (C=O) groups excluding carboxylic acids is 1. The summed E-state index contributed by atoms with van der Waals surface area (Å²) in [5, 5.41) is 3.85. The molecule has 0 fully saturated rings. The molecule has 6 heteroatoms. The average Bonchev–Trinajstić information content (AvgIpc) is 2.87. The first-order chi connectivity index (χ1) is 10.1. The lowest BCUT2D eigenvalue weighted by Gasteiger charge is -2.04. The number of nitrogens with one attached hydrogen (secondary N) is 1. The third kappa shape index (κ3) is 5.40. The van der Waals surface area contributed by atoms with Crippen LogP contribution in [0.25, 0.3) is 0 Å².